The van der Waals surface area contributed by atoms with E-state index in [-0.39, 0.29) is 17.9 Å². The van der Waals surface area contributed by atoms with Gasteiger partial charge in [0.15, 0.2) is 0 Å². The number of rotatable bonds is 4. The van der Waals surface area contributed by atoms with Crippen LogP contribution in [0.15, 0.2) is 54.6 Å². The number of para-hydroxylation sites is 2. The minimum atomic E-state index is -0.0565. The molecule has 6 heteroatoms. The summed E-state index contributed by atoms with van der Waals surface area (Å²) in [5, 5.41) is 1.02. The zero-order valence-electron chi connectivity index (χ0n) is 16.7. The van der Waals surface area contributed by atoms with Crippen molar-refractivity contribution in [3.8, 4) is 5.75 Å². The Kier molecular flexibility index (Phi) is 5.25. The van der Waals surface area contributed by atoms with Gasteiger partial charge in [-0.15, -0.1) is 0 Å². The van der Waals surface area contributed by atoms with Crippen molar-refractivity contribution < 1.29 is 14.3 Å². The molecule has 29 heavy (non-hydrogen) atoms. The quantitative estimate of drug-likeness (QED) is 0.740. The summed E-state index contributed by atoms with van der Waals surface area (Å²) in [5.74, 6) is 0.514. The third kappa shape index (κ3) is 3.97. The van der Waals surface area contributed by atoms with E-state index in [4.69, 9.17) is 4.74 Å². The predicted octanol–water partition coefficient (Wildman–Crippen LogP) is 3.55. The van der Waals surface area contributed by atoms with E-state index >= 15 is 0 Å². The van der Waals surface area contributed by atoms with Gasteiger partial charge in [0.25, 0.3) is 11.8 Å². The monoisotopic (exact) mass is 391 g/mol. The second kappa shape index (κ2) is 7.99. The highest BCUT2D eigenvalue weighted by atomic mass is 16.5. The molecule has 1 fully saturated rings. The fraction of sp³-hybridized carbons (Fsp3) is 0.304. The molecule has 2 aromatic carbocycles. The highest BCUT2D eigenvalue weighted by molar-refractivity contribution is 5.99. The van der Waals surface area contributed by atoms with Crippen molar-refractivity contribution in [2.24, 2.45) is 0 Å². The van der Waals surface area contributed by atoms with Crippen LogP contribution in [0.3, 0.4) is 0 Å². The maximum atomic E-state index is 13.0. The summed E-state index contributed by atoms with van der Waals surface area (Å²) in [4.78, 5) is 32.6. The number of carbonyl (C=O) groups is 2. The van der Waals surface area contributed by atoms with Crippen LogP contribution in [0.4, 0.5) is 0 Å². The number of piperazine rings is 1. The molecule has 1 N–H and O–H groups in total. The molecule has 0 spiro atoms. The molecule has 0 bridgehead atoms. The Balaban J connectivity index is 1.43. The summed E-state index contributed by atoms with van der Waals surface area (Å²) in [7, 11) is 0. The molecule has 6 nitrogen and oxygen atoms in total. The number of nitrogens with zero attached hydrogens (tertiary/aromatic N) is 2. The van der Waals surface area contributed by atoms with E-state index in [9.17, 15) is 9.59 Å². The van der Waals surface area contributed by atoms with E-state index in [1.165, 1.54) is 0 Å². The first kappa shape index (κ1) is 19.1. The van der Waals surface area contributed by atoms with Crippen LogP contribution < -0.4 is 4.74 Å². The van der Waals surface area contributed by atoms with Gasteiger partial charge >= 0.3 is 0 Å². The highest BCUT2D eigenvalue weighted by Gasteiger charge is 2.27. The number of ether oxygens (including phenoxy) is 1. The molecule has 1 aromatic heterocycles. The SMILES string of the molecule is CC(C)Oc1ccccc1C(=O)N1CCN(C(=O)c2cc3ccccc3[nH]2)CC1. The van der Waals surface area contributed by atoms with Crippen molar-refractivity contribution in [1.29, 1.82) is 0 Å². The van der Waals surface area contributed by atoms with Crippen LogP contribution >= 0.6 is 0 Å². The van der Waals surface area contributed by atoms with Crippen LogP contribution in [0.1, 0.15) is 34.7 Å². The number of hydrogen-bond donors (Lipinski definition) is 1. The zero-order chi connectivity index (χ0) is 20.4. The van der Waals surface area contributed by atoms with E-state index in [1.54, 1.807) is 15.9 Å². The molecule has 0 saturated carbocycles. The van der Waals surface area contributed by atoms with Crippen molar-refractivity contribution >= 4 is 22.7 Å². The van der Waals surface area contributed by atoms with E-state index in [2.05, 4.69) is 4.98 Å². The van der Waals surface area contributed by atoms with Gasteiger partial charge in [0.2, 0.25) is 0 Å². The number of aromatic nitrogens is 1. The molecule has 0 atom stereocenters. The van der Waals surface area contributed by atoms with Gasteiger partial charge in [-0.05, 0) is 38.1 Å². The lowest BCUT2D eigenvalue weighted by molar-refractivity contribution is 0.0529. The number of H-pyrrole nitrogens is 1. The van der Waals surface area contributed by atoms with Crippen molar-refractivity contribution in [2.75, 3.05) is 26.2 Å². The molecule has 150 valence electrons. The summed E-state index contributed by atoms with van der Waals surface area (Å²) < 4.78 is 5.79. The van der Waals surface area contributed by atoms with Crippen molar-refractivity contribution in [3.63, 3.8) is 0 Å². The number of aromatic amines is 1. The van der Waals surface area contributed by atoms with Gasteiger partial charge in [0.1, 0.15) is 11.4 Å². The summed E-state index contributed by atoms with van der Waals surface area (Å²) in [6, 6.07) is 17.0. The Morgan fingerprint density at radius 2 is 1.52 bits per heavy atom. The third-order valence-corrected chi connectivity index (χ3v) is 5.09. The molecule has 1 saturated heterocycles. The number of fused-ring (bicyclic) bond motifs is 1. The standard InChI is InChI=1S/C23H25N3O3/c1-16(2)29-21-10-6-4-8-18(21)22(27)25-11-13-26(14-12-25)23(28)20-15-17-7-3-5-9-19(17)24-20/h3-10,15-16,24H,11-14H2,1-2H3. The molecule has 4 rings (SSSR count). The summed E-state index contributed by atoms with van der Waals surface area (Å²) in [5.41, 5.74) is 2.10. The first-order chi connectivity index (χ1) is 14.0. The number of carbonyl (C=O) groups excluding carboxylic acids is 2. The van der Waals surface area contributed by atoms with Crippen LogP contribution in [-0.2, 0) is 0 Å². The highest BCUT2D eigenvalue weighted by Crippen LogP contribution is 2.22. The van der Waals surface area contributed by atoms with Crippen LogP contribution in [0.2, 0.25) is 0 Å². The number of amides is 2. The Labute approximate surface area is 170 Å². The van der Waals surface area contributed by atoms with E-state index in [0.29, 0.717) is 43.2 Å². The Bertz CT molecular complexity index is 1000. The maximum absolute atomic E-state index is 13.0. The maximum Gasteiger partial charge on any atom is 0.270 e. The van der Waals surface area contributed by atoms with Crippen molar-refractivity contribution in [2.45, 2.75) is 20.0 Å². The molecule has 1 aliphatic rings. The minimum absolute atomic E-state index is 0.00488. The van der Waals surface area contributed by atoms with Crippen LogP contribution in [0, 0.1) is 0 Å². The van der Waals surface area contributed by atoms with Gasteiger partial charge in [-0.1, -0.05) is 30.3 Å². The van der Waals surface area contributed by atoms with E-state index in [0.717, 1.165) is 10.9 Å². The zero-order valence-corrected chi connectivity index (χ0v) is 16.7. The predicted molar refractivity (Wildman–Crippen MR) is 112 cm³/mol. The van der Waals surface area contributed by atoms with Crippen molar-refractivity contribution in [1.82, 2.24) is 14.8 Å². The summed E-state index contributed by atoms with van der Waals surface area (Å²) >= 11 is 0. The molecule has 0 radical (unpaired) electrons. The number of nitrogens with one attached hydrogen (secondary N) is 1. The van der Waals surface area contributed by atoms with Crippen LogP contribution in [-0.4, -0.2) is 58.9 Å². The lowest BCUT2D eigenvalue weighted by Gasteiger charge is -2.34. The largest absolute Gasteiger partial charge is 0.490 e. The number of hydrogen-bond acceptors (Lipinski definition) is 3. The molecule has 3 aromatic rings. The summed E-state index contributed by atoms with van der Waals surface area (Å²) in [6.45, 7) is 5.90. The van der Waals surface area contributed by atoms with Gasteiger partial charge < -0.3 is 19.5 Å². The normalized spacial score (nSPS) is 14.4. The summed E-state index contributed by atoms with van der Waals surface area (Å²) in [6.07, 6.45) is -0.00488. The van der Waals surface area contributed by atoms with E-state index < -0.39 is 0 Å². The molecule has 0 aliphatic carbocycles. The molecule has 0 unspecified atom stereocenters. The average Bonchev–Trinajstić information content (AvgIpc) is 3.17. The Hall–Kier alpha value is -3.28. The van der Waals surface area contributed by atoms with Crippen molar-refractivity contribution in [3.05, 3.63) is 65.9 Å². The van der Waals surface area contributed by atoms with Gasteiger partial charge in [-0.2, -0.15) is 0 Å². The first-order valence-electron chi connectivity index (χ1n) is 9.95. The minimum Gasteiger partial charge on any atom is -0.490 e. The lowest BCUT2D eigenvalue weighted by atomic mass is 10.1. The average molecular weight is 391 g/mol. The topological polar surface area (TPSA) is 65.6 Å². The molecule has 2 amide bonds. The Morgan fingerprint density at radius 3 is 2.21 bits per heavy atom. The molecule has 1 aliphatic heterocycles. The van der Waals surface area contributed by atoms with E-state index in [1.807, 2.05) is 62.4 Å². The molecule has 2 heterocycles. The second-order valence-corrected chi connectivity index (χ2v) is 7.52. The van der Waals surface area contributed by atoms with Crippen LogP contribution in [0.25, 0.3) is 10.9 Å². The first-order valence-corrected chi connectivity index (χ1v) is 9.95. The smallest absolute Gasteiger partial charge is 0.270 e. The van der Waals surface area contributed by atoms with Gasteiger partial charge in [-0.3, -0.25) is 9.59 Å². The molecular formula is C23H25N3O3. The van der Waals surface area contributed by atoms with Gasteiger partial charge in [0.05, 0.1) is 11.7 Å². The third-order valence-electron chi connectivity index (χ3n) is 5.09. The van der Waals surface area contributed by atoms with Crippen LogP contribution in [0.5, 0.6) is 5.75 Å². The van der Waals surface area contributed by atoms with Gasteiger partial charge in [-0.25, -0.2) is 0 Å². The second-order valence-electron chi connectivity index (χ2n) is 7.52. The fourth-order valence-corrected chi connectivity index (χ4v) is 3.64. The lowest BCUT2D eigenvalue weighted by Crippen LogP contribution is -2.50. The van der Waals surface area contributed by atoms with Gasteiger partial charge in [0, 0.05) is 37.1 Å². The number of benzene rings is 2. The molecular weight excluding hydrogens is 366 g/mol. The fourth-order valence-electron chi connectivity index (χ4n) is 3.64. The Morgan fingerprint density at radius 1 is 0.897 bits per heavy atom.